The van der Waals surface area contributed by atoms with E-state index in [2.05, 4.69) is 21.5 Å². The maximum Gasteiger partial charge on any atom is 0.411 e. The number of amides is 2. The van der Waals surface area contributed by atoms with E-state index in [0.717, 1.165) is 0 Å². The van der Waals surface area contributed by atoms with Gasteiger partial charge in [-0.1, -0.05) is 6.07 Å². The number of hydrazine groups is 1. The van der Waals surface area contributed by atoms with Gasteiger partial charge >= 0.3 is 6.09 Å². The van der Waals surface area contributed by atoms with E-state index in [4.69, 9.17) is 21.7 Å². The van der Waals surface area contributed by atoms with Gasteiger partial charge < -0.3 is 14.8 Å². The molecule has 0 unspecified atom stereocenters. The Morgan fingerprint density at radius 1 is 1.29 bits per heavy atom. The molecule has 0 aliphatic heterocycles. The minimum atomic E-state index is -0.578. The quantitative estimate of drug-likeness (QED) is 0.452. The average Bonchev–Trinajstić information content (AvgIpc) is 2.53. The summed E-state index contributed by atoms with van der Waals surface area (Å²) in [5.74, 6) is -0.397. The average molecular weight is 354 g/mol. The van der Waals surface area contributed by atoms with E-state index >= 15 is 0 Å². The van der Waals surface area contributed by atoms with Gasteiger partial charge in [-0.2, -0.15) is 0 Å². The van der Waals surface area contributed by atoms with Crippen molar-refractivity contribution < 1.29 is 19.1 Å². The van der Waals surface area contributed by atoms with Crippen LogP contribution in [0.4, 0.5) is 10.5 Å². The molecule has 0 bridgehead atoms. The molecule has 0 spiro atoms. The number of hydrogen-bond donors (Lipinski definition) is 4. The lowest BCUT2D eigenvalue weighted by Gasteiger charge is -2.16. The van der Waals surface area contributed by atoms with Crippen LogP contribution < -0.4 is 21.5 Å². The van der Waals surface area contributed by atoms with Crippen molar-refractivity contribution in [2.75, 3.05) is 25.6 Å². The largest absolute Gasteiger partial charge is 0.450 e. The Morgan fingerprint density at radius 3 is 2.71 bits per heavy atom. The molecule has 8 nitrogen and oxygen atoms in total. The Bertz CT molecular complexity index is 582. The van der Waals surface area contributed by atoms with E-state index in [1.165, 1.54) is 6.07 Å². The Kier molecular flexibility index (Phi) is 8.52. The first-order valence-corrected chi connectivity index (χ1v) is 7.76. The Morgan fingerprint density at radius 2 is 2.04 bits per heavy atom. The standard InChI is InChI=1S/C15H22N4O4S/c1-4-23-15(21)17-12-7-5-6-11(8-12)13(20)18-19-14(24)16-10(2)9-22-3/h5-8,10H,4,9H2,1-3H3,(H,17,21)(H,18,20)(H2,16,19,24)/t10-/m1/s1. The number of benzene rings is 1. The first-order valence-electron chi connectivity index (χ1n) is 7.35. The number of hydrogen-bond acceptors (Lipinski definition) is 5. The second-order valence-electron chi connectivity index (χ2n) is 4.84. The fraction of sp³-hybridized carbons (Fsp3) is 0.400. The lowest BCUT2D eigenvalue weighted by Crippen LogP contribution is -2.49. The highest BCUT2D eigenvalue weighted by Gasteiger charge is 2.09. The van der Waals surface area contributed by atoms with E-state index in [1.807, 2.05) is 6.92 Å². The smallest absolute Gasteiger partial charge is 0.411 e. The van der Waals surface area contributed by atoms with Crippen molar-refractivity contribution in [1.29, 1.82) is 0 Å². The molecule has 0 heterocycles. The Hall–Kier alpha value is -2.39. The van der Waals surface area contributed by atoms with Gasteiger partial charge in [-0.15, -0.1) is 0 Å². The van der Waals surface area contributed by atoms with Crippen molar-refractivity contribution in [1.82, 2.24) is 16.2 Å². The first-order chi connectivity index (χ1) is 11.5. The zero-order valence-corrected chi connectivity index (χ0v) is 14.7. The zero-order valence-electron chi connectivity index (χ0n) is 13.8. The van der Waals surface area contributed by atoms with E-state index in [0.29, 0.717) is 17.9 Å². The lowest BCUT2D eigenvalue weighted by molar-refractivity contribution is 0.0943. The normalized spacial score (nSPS) is 11.1. The third-order valence-electron chi connectivity index (χ3n) is 2.73. The van der Waals surface area contributed by atoms with Gasteiger partial charge in [0, 0.05) is 24.4 Å². The van der Waals surface area contributed by atoms with E-state index in [1.54, 1.807) is 32.2 Å². The fourth-order valence-electron chi connectivity index (χ4n) is 1.76. The molecule has 9 heteroatoms. The summed E-state index contributed by atoms with van der Waals surface area (Å²) in [6.07, 6.45) is -0.578. The number of anilines is 1. The van der Waals surface area contributed by atoms with Crippen LogP contribution in [0.25, 0.3) is 0 Å². The van der Waals surface area contributed by atoms with E-state index < -0.39 is 12.0 Å². The van der Waals surface area contributed by atoms with Crippen molar-refractivity contribution in [2.24, 2.45) is 0 Å². The molecule has 0 aliphatic rings. The zero-order chi connectivity index (χ0) is 17.9. The van der Waals surface area contributed by atoms with E-state index in [9.17, 15) is 9.59 Å². The van der Waals surface area contributed by atoms with Crippen LogP contribution >= 0.6 is 12.2 Å². The van der Waals surface area contributed by atoms with Crippen LogP contribution in [0.15, 0.2) is 24.3 Å². The van der Waals surface area contributed by atoms with Crippen LogP contribution in [-0.2, 0) is 9.47 Å². The molecule has 132 valence electrons. The summed E-state index contributed by atoms with van der Waals surface area (Å²) >= 11 is 5.06. The summed E-state index contributed by atoms with van der Waals surface area (Å²) in [4.78, 5) is 23.5. The molecular formula is C15H22N4O4S. The van der Waals surface area contributed by atoms with Gasteiger partial charge in [0.15, 0.2) is 5.11 Å². The topological polar surface area (TPSA) is 101 Å². The molecular weight excluding hydrogens is 332 g/mol. The highest BCUT2D eigenvalue weighted by molar-refractivity contribution is 7.80. The highest BCUT2D eigenvalue weighted by Crippen LogP contribution is 2.10. The molecule has 1 rings (SSSR count). The fourth-order valence-corrected chi connectivity index (χ4v) is 2.01. The molecule has 1 atom stereocenters. The van der Waals surface area contributed by atoms with Crippen molar-refractivity contribution >= 4 is 35.0 Å². The summed E-state index contributed by atoms with van der Waals surface area (Å²) in [5, 5.41) is 5.75. The lowest BCUT2D eigenvalue weighted by atomic mass is 10.2. The summed E-state index contributed by atoms with van der Waals surface area (Å²) in [6, 6.07) is 6.44. The Labute approximate surface area is 146 Å². The van der Waals surface area contributed by atoms with Gasteiger partial charge in [-0.05, 0) is 44.3 Å². The van der Waals surface area contributed by atoms with Crippen LogP contribution in [0.1, 0.15) is 24.2 Å². The second kappa shape index (κ2) is 10.4. The van der Waals surface area contributed by atoms with Crippen molar-refractivity contribution in [3.8, 4) is 0 Å². The van der Waals surface area contributed by atoms with Crippen LogP contribution in [0, 0.1) is 0 Å². The highest BCUT2D eigenvalue weighted by atomic mass is 32.1. The SMILES string of the molecule is CCOC(=O)Nc1cccc(C(=O)NNC(=S)N[C@H](C)COC)c1. The minimum Gasteiger partial charge on any atom is -0.450 e. The number of carbonyl (C=O) groups excluding carboxylic acids is 2. The second-order valence-corrected chi connectivity index (χ2v) is 5.24. The van der Waals surface area contributed by atoms with Gasteiger partial charge in [0.2, 0.25) is 0 Å². The first kappa shape index (κ1) is 19.7. The Balaban J connectivity index is 2.53. The molecule has 0 aliphatic carbocycles. The molecule has 24 heavy (non-hydrogen) atoms. The van der Waals surface area contributed by atoms with Gasteiger partial charge in [0.1, 0.15) is 0 Å². The summed E-state index contributed by atoms with van der Waals surface area (Å²) in [5.41, 5.74) is 5.88. The molecule has 1 aromatic carbocycles. The number of ether oxygens (including phenoxy) is 2. The molecule has 4 N–H and O–H groups in total. The van der Waals surface area contributed by atoms with Crippen LogP contribution in [0.2, 0.25) is 0 Å². The summed E-state index contributed by atoms with van der Waals surface area (Å²) < 4.78 is 9.76. The molecule has 0 aromatic heterocycles. The molecule has 0 saturated carbocycles. The third kappa shape index (κ3) is 7.25. The molecule has 0 saturated heterocycles. The van der Waals surface area contributed by atoms with Crippen molar-refractivity contribution in [2.45, 2.75) is 19.9 Å². The monoisotopic (exact) mass is 354 g/mol. The number of rotatable bonds is 6. The van der Waals surface area contributed by atoms with Crippen LogP contribution in [0.3, 0.4) is 0 Å². The number of nitrogens with one attached hydrogen (secondary N) is 4. The molecule has 0 fully saturated rings. The van der Waals surface area contributed by atoms with Crippen molar-refractivity contribution in [3.05, 3.63) is 29.8 Å². The van der Waals surface area contributed by atoms with Crippen LogP contribution in [0.5, 0.6) is 0 Å². The van der Waals surface area contributed by atoms with Gasteiger partial charge in [-0.3, -0.25) is 21.0 Å². The number of thiocarbonyl (C=S) groups is 1. The molecule has 1 aromatic rings. The minimum absolute atomic E-state index is 0.00371. The van der Waals surface area contributed by atoms with Crippen molar-refractivity contribution in [3.63, 3.8) is 0 Å². The molecule has 2 amide bonds. The predicted octanol–water partition coefficient (Wildman–Crippen LogP) is 1.40. The maximum absolute atomic E-state index is 12.1. The predicted molar refractivity (Wildman–Crippen MR) is 94.8 cm³/mol. The van der Waals surface area contributed by atoms with Gasteiger partial charge in [0.05, 0.1) is 13.2 Å². The summed E-state index contributed by atoms with van der Waals surface area (Å²) in [6.45, 7) is 4.35. The van der Waals surface area contributed by atoms with Gasteiger partial charge in [0.25, 0.3) is 5.91 Å². The number of methoxy groups -OCH3 is 1. The number of carbonyl (C=O) groups is 2. The van der Waals surface area contributed by atoms with E-state index in [-0.39, 0.29) is 17.8 Å². The molecule has 0 radical (unpaired) electrons. The summed E-state index contributed by atoms with van der Waals surface area (Å²) in [7, 11) is 1.59. The van der Waals surface area contributed by atoms with Crippen LogP contribution in [-0.4, -0.2) is 43.5 Å². The maximum atomic E-state index is 12.1. The van der Waals surface area contributed by atoms with Gasteiger partial charge in [-0.25, -0.2) is 4.79 Å². The third-order valence-corrected chi connectivity index (χ3v) is 2.95.